The van der Waals surface area contributed by atoms with E-state index >= 15 is 0 Å². The van der Waals surface area contributed by atoms with Crippen molar-refractivity contribution in [3.8, 4) is 5.75 Å². The fourth-order valence-electron chi connectivity index (χ4n) is 4.63. The van der Waals surface area contributed by atoms with Crippen LogP contribution < -0.4 is 10.3 Å². The van der Waals surface area contributed by atoms with Gasteiger partial charge in [0.25, 0.3) is 5.56 Å². The minimum Gasteiger partial charge on any atom is -0.494 e. The molecule has 0 amide bonds. The molecule has 0 radical (unpaired) electrons. The summed E-state index contributed by atoms with van der Waals surface area (Å²) in [6.07, 6.45) is 0.731. The molecular weight excluding hydrogens is 503 g/mol. The first kappa shape index (κ1) is 25.7. The molecule has 0 saturated heterocycles. The minimum absolute atomic E-state index is 0.126. The lowest BCUT2D eigenvalue weighted by molar-refractivity contribution is 0.163. The highest BCUT2D eigenvalue weighted by Gasteiger charge is 2.26. The third kappa shape index (κ3) is 5.81. The van der Waals surface area contributed by atoms with Gasteiger partial charge in [-0.2, -0.15) is 0 Å². The lowest BCUT2D eigenvalue weighted by Crippen LogP contribution is -2.32. The number of rotatable bonds is 11. The summed E-state index contributed by atoms with van der Waals surface area (Å²) in [4.78, 5) is 19.6. The number of hydrogen-bond acceptors (Lipinski definition) is 7. The Kier molecular flexibility index (Phi) is 7.90. The average molecular weight is 533 g/mol. The molecule has 0 fully saturated rings. The molecule has 8 nitrogen and oxygen atoms in total. The Morgan fingerprint density at radius 2 is 1.95 bits per heavy atom. The van der Waals surface area contributed by atoms with E-state index in [4.69, 9.17) is 4.74 Å². The van der Waals surface area contributed by atoms with Crippen LogP contribution in [0.5, 0.6) is 5.75 Å². The predicted molar refractivity (Wildman–Crippen MR) is 146 cm³/mol. The number of aromatic amines is 1. The standard InChI is InChI=1S/C28H29FN6O2S/c1-3-26(27-31-32-33-35(27)16-19-7-9-22(29)10-8-19)34(18-24-6-5-13-38-24)17-21-14-20-15-23(37-4-2)11-12-25(20)30-28(21)36/h5-15,26H,3-4,16-18H2,1-2H3,(H,30,36)/t26-/m1/s1. The van der Waals surface area contributed by atoms with Crippen molar-refractivity contribution in [3.63, 3.8) is 0 Å². The Morgan fingerprint density at radius 1 is 1.11 bits per heavy atom. The van der Waals surface area contributed by atoms with Crippen molar-refractivity contribution in [1.82, 2.24) is 30.1 Å². The average Bonchev–Trinajstić information content (AvgIpc) is 3.59. The number of nitrogens with zero attached hydrogens (tertiary/aromatic N) is 5. The lowest BCUT2D eigenvalue weighted by atomic mass is 10.1. The maximum Gasteiger partial charge on any atom is 0.252 e. The fourth-order valence-corrected chi connectivity index (χ4v) is 5.36. The summed E-state index contributed by atoms with van der Waals surface area (Å²) >= 11 is 1.67. The maximum absolute atomic E-state index is 13.4. The molecule has 0 aliphatic rings. The largest absolute Gasteiger partial charge is 0.494 e. The summed E-state index contributed by atoms with van der Waals surface area (Å²) in [5, 5.41) is 15.5. The number of fused-ring (bicyclic) bond motifs is 1. The number of tetrazole rings is 1. The molecule has 0 bridgehead atoms. The molecule has 2 aromatic carbocycles. The summed E-state index contributed by atoms with van der Waals surface area (Å²) in [6, 6.07) is 17.9. The Morgan fingerprint density at radius 3 is 2.68 bits per heavy atom. The SMILES string of the molecule is CCOc1ccc2[nH]c(=O)c(CN(Cc3cccs3)[C@H](CC)c3nnnn3Cc3ccc(F)cc3)cc2c1. The number of ether oxygens (including phenoxy) is 1. The van der Waals surface area contributed by atoms with Crippen LogP contribution >= 0.6 is 11.3 Å². The molecule has 3 aromatic heterocycles. The van der Waals surface area contributed by atoms with Crippen LogP contribution in [-0.4, -0.2) is 36.7 Å². The first-order valence-electron chi connectivity index (χ1n) is 12.6. The quantitative estimate of drug-likeness (QED) is 0.248. The second kappa shape index (κ2) is 11.7. The van der Waals surface area contributed by atoms with Gasteiger partial charge in [-0.1, -0.05) is 25.1 Å². The number of benzene rings is 2. The topological polar surface area (TPSA) is 88.9 Å². The first-order valence-corrected chi connectivity index (χ1v) is 13.5. The van der Waals surface area contributed by atoms with Crippen LogP contribution in [0.15, 0.2) is 70.8 Å². The number of pyridine rings is 1. The van der Waals surface area contributed by atoms with Crippen molar-refractivity contribution >= 4 is 22.2 Å². The van der Waals surface area contributed by atoms with Gasteiger partial charge in [0.1, 0.15) is 11.6 Å². The van der Waals surface area contributed by atoms with E-state index < -0.39 is 0 Å². The predicted octanol–water partition coefficient (Wildman–Crippen LogP) is 5.32. The number of H-pyrrole nitrogens is 1. The zero-order valence-corrected chi connectivity index (χ0v) is 22.1. The first-order chi connectivity index (χ1) is 18.5. The van der Waals surface area contributed by atoms with Gasteiger partial charge in [-0.15, -0.1) is 16.4 Å². The summed E-state index contributed by atoms with van der Waals surface area (Å²) < 4.78 is 20.8. The van der Waals surface area contributed by atoms with Crippen LogP contribution in [0.4, 0.5) is 4.39 Å². The van der Waals surface area contributed by atoms with Gasteiger partial charge in [-0.25, -0.2) is 9.07 Å². The van der Waals surface area contributed by atoms with Gasteiger partial charge in [0, 0.05) is 34.4 Å². The Labute approximate surface area is 223 Å². The van der Waals surface area contributed by atoms with Crippen molar-refractivity contribution < 1.29 is 9.13 Å². The summed E-state index contributed by atoms with van der Waals surface area (Å²) in [5.74, 6) is 1.18. The number of hydrogen-bond donors (Lipinski definition) is 1. The van der Waals surface area contributed by atoms with E-state index in [0.29, 0.717) is 37.6 Å². The zero-order chi connectivity index (χ0) is 26.5. The van der Waals surface area contributed by atoms with Crippen molar-refractivity contribution in [2.24, 2.45) is 0 Å². The molecule has 0 spiro atoms. The monoisotopic (exact) mass is 532 g/mol. The fraction of sp³-hybridized carbons (Fsp3) is 0.286. The molecule has 0 aliphatic carbocycles. The molecule has 5 rings (SSSR count). The van der Waals surface area contributed by atoms with Crippen molar-refractivity contribution in [2.45, 2.75) is 45.9 Å². The van der Waals surface area contributed by atoms with Gasteiger partial charge in [0.2, 0.25) is 0 Å². The van der Waals surface area contributed by atoms with Crippen molar-refractivity contribution in [2.75, 3.05) is 6.61 Å². The van der Waals surface area contributed by atoms with Gasteiger partial charge in [-0.05, 0) is 77.2 Å². The maximum atomic E-state index is 13.4. The van der Waals surface area contributed by atoms with Gasteiger partial charge in [0.15, 0.2) is 5.82 Å². The molecular formula is C28H29FN6O2S. The van der Waals surface area contributed by atoms with Gasteiger partial charge in [0.05, 0.1) is 19.2 Å². The minimum atomic E-state index is -0.284. The van der Waals surface area contributed by atoms with Crippen LogP contribution in [0.2, 0.25) is 0 Å². The van der Waals surface area contributed by atoms with E-state index in [1.165, 1.54) is 17.0 Å². The molecule has 196 valence electrons. The molecule has 0 aliphatic heterocycles. The van der Waals surface area contributed by atoms with Crippen LogP contribution in [-0.2, 0) is 19.6 Å². The second-order valence-corrected chi connectivity index (χ2v) is 10.1. The second-order valence-electron chi connectivity index (χ2n) is 9.04. The normalized spacial score (nSPS) is 12.3. The molecule has 10 heteroatoms. The van der Waals surface area contributed by atoms with E-state index in [1.807, 2.05) is 42.6 Å². The van der Waals surface area contributed by atoms with E-state index in [0.717, 1.165) is 28.6 Å². The zero-order valence-electron chi connectivity index (χ0n) is 21.3. The Bertz CT molecular complexity index is 1550. The van der Waals surface area contributed by atoms with Crippen molar-refractivity contribution in [1.29, 1.82) is 0 Å². The molecule has 5 aromatic rings. The van der Waals surface area contributed by atoms with Crippen LogP contribution in [0.3, 0.4) is 0 Å². The van der Waals surface area contributed by atoms with Crippen molar-refractivity contribution in [3.05, 3.63) is 104 Å². The smallest absolute Gasteiger partial charge is 0.252 e. The third-order valence-corrected chi connectivity index (χ3v) is 7.31. The Hall–Kier alpha value is -3.89. The number of halogens is 1. The van der Waals surface area contributed by atoms with Gasteiger partial charge in [-0.3, -0.25) is 9.69 Å². The number of nitrogens with one attached hydrogen (secondary N) is 1. The third-order valence-electron chi connectivity index (χ3n) is 6.45. The molecule has 3 heterocycles. The number of aromatic nitrogens is 5. The highest BCUT2D eigenvalue weighted by atomic mass is 32.1. The van der Waals surface area contributed by atoms with E-state index in [9.17, 15) is 9.18 Å². The van der Waals surface area contributed by atoms with E-state index in [-0.39, 0.29) is 17.4 Å². The van der Waals surface area contributed by atoms with Gasteiger partial charge >= 0.3 is 0 Å². The molecule has 1 N–H and O–H groups in total. The lowest BCUT2D eigenvalue weighted by Gasteiger charge is -2.30. The summed E-state index contributed by atoms with van der Waals surface area (Å²) in [5.41, 5.74) is 2.19. The highest BCUT2D eigenvalue weighted by Crippen LogP contribution is 2.28. The molecule has 38 heavy (non-hydrogen) atoms. The van der Waals surface area contributed by atoms with Gasteiger partial charge < -0.3 is 9.72 Å². The van der Waals surface area contributed by atoms with E-state index in [2.05, 4.69) is 38.4 Å². The van der Waals surface area contributed by atoms with Crippen LogP contribution in [0, 0.1) is 5.82 Å². The Balaban J connectivity index is 1.49. The number of thiophene rings is 1. The van der Waals surface area contributed by atoms with E-state index in [1.54, 1.807) is 28.2 Å². The summed E-state index contributed by atoms with van der Waals surface area (Å²) in [7, 11) is 0. The highest BCUT2D eigenvalue weighted by molar-refractivity contribution is 7.09. The molecule has 0 unspecified atom stereocenters. The molecule has 0 saturated carbocycles. The molecule has 1 atom stereocenters. The van der Waals surface area contributed by atoms with Crippen LogP contribution in [0.25, 0.3) is 10.9 Å². The summed E-state index contributed by atoms with van der Waals surface area (Å²) in [6.45, 7) is 6.06. The van der Waals surface area contributed by atoms with Crippen LogP contribution in [0.1, 0.15) is 48.1 Å².